The number of aliphatic hydroxyl groups is 5. The van der Waals surface area contributed by atoms with E-state index >= 15 is 0 Å². The van der Waals surface area contributed by atoms with Gasteiger partial charge in [-0.1, -0.05) is 0 Å². The summed E-state index contributed by atoms with van der Waals surface area (Å²) in [4.78, 5) is 11.7. The molecule has 10 heteroatoms. The summed E-state index contributed by atoms with van der Waals surface area (Å²) in [6, 6.07) is 4.35. The Bertz CT molecular complexity index is 595. The molecule has 0 aliphatic heterocycles. The molecule has 0 aliphatic carbocycles. The minimum Gasteiger partial charge on any atom is -0.504 e. The molecule has 1 rings (SSSR count). The van der Waals surface area contributed by atoms with Gasteiger partial charge in [0.25, 0.3) is 5.91 Å². The van der Waals surface area contributed by atoms with E-state index in [4.69, 9.17) is 9.84 Å². The molecule has 0 unspecified atom stereocenters. The molecule has 0 heterocycles. The summed E-state index contributed by atoms with van der Waals surface area (Å²) in [5.41, 5.74) is 2.43. The maximum Gasteiger partial charge on any atom is 0.271 e. The minimum atomic E-state index is -2.08. The van der Waals surface area contributed by atoms with E-state index in [0.29, 0.717) is 12.2 Å². The summed E-state index contributed by atoms with van der Waals surface area (Å²) in [6.45, 7) is 1.24. The fourth-order valence-corrected chi connectivity index (χ4v) is 1.80. The van der Waals surface area contributed by atoms with Crippen LogP contribution < -0.4 is 10.2 Å². The van der Waals surface area contributed by atoms with Gasteiger partial charge in [-0.2, -0.15) is 5.10 Å². The number of carbonyl (C=O) groups excluding carboxylic acids is 1. The fraction of sp³-hybridized carbons (Fsp3) is 0.467. The number of phenols is 1. The highest BCUT2D eigenvalue weighted by molar-refractivity contribution is 5.85. The number of ether oxygens (including phenoxy) is 1. The van der Waals surface area contributed by atoms with Gasteiger partial charge in [0.2, 0.25) is 0 Å². The lowest BCUT2D eigenvalue weighted by atomic mass is 10.0. The Morgan fingerprint density at radius 3 is 2.56 bits per heavy atom. The first-order valence-electron chi connectivity index (χ1n) is 7.43. The van der Waals surface area contributed by atoms with Crippen molar-refractivity contribution in [1.29, 1.82) is 0 Å². The van der Waals surface area contributed by atoms with Crippen molar-refractivity contribution in [3.05, 3.63) is 23.8 Å². The number of aromatic hydroxyl groups is 1. The average Bonchev–Trinajstić information content (AvgIpc) is 2.61. The molecule has 4 atom stereocenters. The Balaban J connectivity index is 2.66. The lowest BCUT2D eigenvalue weighted by Crippen LogP contribution is -2.50. The Labute approximate surface area is 143 Å². The number of amides is 1. The molecule has 0 radical (unpaired) electrons. The van der Waals surface area contributed by atoms with E-state index in [1.54, 1.807) is 6.92 Å². The van der Waals surface area contributed by atoms with E-state index in [-0.39, 0.29) is 11.5 Å². The van der Waals surface area contributed by atoms with Gasteiger partial charge >= 0.3 is 0 Å². The van der Waals surface area contributed by atoms with Crippen LogP contribution in [0.25, 0.3) is 0 Å². The standard InChI is InChI=1S/C15H22N2O8/c1-2-25-11-5-8(3-4-9(11)19)6-16-17-15(24)14(23)13(22)12(21)10(20)7-18/h3-6,10,12-14,18-23H,2,7H2,1H3,(H,17,24)/b16-6-/t10-,12+,13-,14-/m1/s1. The van der Waals surface area contributed by atoms with Crippen LogP contribution in [0.15, 0.2) is 23.3 Å². The number of nitrogens with zero attached hydrogens (tertiary/aromatic N) is 1. The molecule has 0 fully saturated rings. The molecular formula is C15H22N2O8. The van der Waals surface area contributed by atoms with Crippen molar-refractivity contribution in [3.8, 4) is 11.5 Å². The van der Waals surface area contributed by atoms with Crippen LogP contribution in [0.4, 0.5) is 0 Å². The number of carbonyl (C=O) groups is 1. The highest BCUT2D eigenvalue weighted by Crippen LogP contribution is 2.26. The van der Waals surface area contributed by atoms with Crippen molar-refractivity contribution in [1.82, 2.24) is 5.43 Å². The van der Waals surface area contributed by atoms with Gasteiger partial charge in [0.1, 0.15) is 18.3 Å². The molecule has 140 valence electrons. The van der Waals surface area contributed by atoms with Crippen molar-refractivity contribution in [2.75, 3.05) is 13.2 Å². The van der Waals surface area contributed by atoms with E-state index in [9.17, 15) is 30.3 Å². The highest BCUT2D eigenvalue weighted by atomic mass is 16.5. The van der Waals surface area contributed by atoms with E-state index in [2.05, 4.69) is 5.10 Å². The maximum absolute atomic E-state index is 11.7. The molecule has 10 nitrogen and oxygen atoms in total. The van der Waals surface area contributed by atoms with Gasteiger partial charge in [0.15, 0.2) is 17.6 Å². The Morgan fingerprint density at radius 1 is 1.28 bits per heavy atom. The third kappa shape index (κ3) is 5.96. The predicted octanol–water partition coefficient (Wildman–Crippen LogP) is -2.32. The van der Waals surface area contributed by atoms with Crippen LogP contribution in [-0.4, -0.2) is 80.4 Å². The Kier molecular flexibility index (Phi) is 8.25. The minimum absolute atomic E-state index is 0.0574. The van der Waals surface area contributed by atoms with E-state index < -0.39 is 36.9 Å². The first-order chi connectivity index (χ1) is 11.8. The van der Waals surface area contributed by atoms with Crippen molar-refractivity contribution >= 4 is 12.1 Å². The SMILES string of the molecule is CCOc1cc(/C=N\NC(=O)[C@H](O)[C@H](O)[C@@H](O)[C@H](O)CO)ccc1O. The van der Waals surface area contributed by atoms with Gasteiger partial charge in [0.05, 0.1) is 19.4 Å². The zero-order valence-electron chi connectivity index (χ0n) is 13.5. The normalized spacial score (nSPS) is 16.2. The van der Waals surface area contributed by atoms with Crippen LogP contribution >= 0.6 is 0 Å². The summed E-state index contributed by atoms with van der Waals surface area (Å²) in [5, 5.41) is 59.6. The van der Waals surface area contributed by atoms with Crippen molar-refractivity contribution < 1.29 is 40.2 Å². The first kappa shape index (κ1) is 20.8. The monoisotopic (exact) mass is 358 g/mol. The number of hydrazone groups is 1. The lowest BCUT2D eigenvalue weighted by Gasteiger charge is -2.24. The predicted molar refractivity (Wildman–Crippen MR) is 86.1 cm³/mol. The largest absolute Gasteiger partial charge is 0.504 e. The zero-order chi connectivity index (χ0) is 19.0. The number of hydrogen-bond donors (Lipinski definition) is 7. The van der Waals surface area contributed by atoms with E-state index in [1.807, 2.05) is 5.43 Å². The summed E-state index contributed by atoms with van der Waals surface area (Å²) in [5.74, 6) is -0.955. The van der Waals surface area contributed by atoms with Crippen molar-refractivity contribution in [2.24, 2.45) is 5.10 Å². The highest BCUT2D eigenvalue weighted by Gasteiger charge is 2.34. The molecule has 0 aromatic heterocycles. The van der Waals surface area contributed by atoms with Crippen molar-refractivity contribution in [2.45, 2.75) is 31.3 Å². The topological polar surface area (TPSA) is 172 Å². The quantitative estimate of drug-likeness (QED) is 0.190. The van der Waals surface area contributed by atoms with Gasteiger partial charge in [-0.15, -0.1) is 0 Å². The van der Waals surface area contributed by atoms with Crippen LogP contribution in [0, 0.1) is 0 Å². The van der Waals surface area contributed by atoms with Gasteiger partial charge in [0, 0.05) is 0 Å². The average molecular weight is 358 g/mol. The second-order valence-electron chi connectivity index (χ2n) is 5.07. The van der Waals surface area contributed by atoms with E-state index in [1.165, 1.54) is 24.4 Å². The lowest BCUT2D eigenvalue weighted by molar-refractivity contribution is -0.148. The second kappa shape index (κ2) is 9.91. The van der Waals surface area contributed by atoms with Crippen LogP contribution in [0.3, 0.4) is 0 Å². The third-order valence-corrected chi connectivity index (χ3v) is 3.20. The Morgan fingerprint density at radius 2 is 1.96 bits per heavy atom. The molecule has 0 spiro atoms. The molecule has 7 N–H and O–H groups in total. The number of hydrogen-bond acceptors (Lipinski definition) is 9. The molecule has 0 bridgehead atoms. The number of aliphatic hydroxyl groups excluding tert-OH is 5. The summed E-state index contributed by atoms with van der Waals surface area (Å²) in [6.07, 6.45) is -6.52. The van der Waals surface area contributed by atoms with E-state index in [0.717, 1.165) is 0 Å². The summed E-state index contributed by atoms with van der Waals surface area (Å²) < 4.78 is 5.19. The number of phenolic OH excluding ortho intramolecular Hbond substituents is 1. The number of rotatable bonds is 9. The van der Waals surface area contributed by atoms with Crippen LogP contribution in [0.5, 0.6) is 11.5 Å². The third-order valence-electron chi connectivity index (χ3n) is 3.20. The molecule has 1 aromatic carbocycles. The second-order valence-corrected chi connectivity index (χ2v) is 5.07. The number of nitrogens with one attached hydrogen (secondary N) is 1. The molecule has 1 aromatic rings. The van der Waals surface area contributed by atoms with Crippen LogP contribution in [0.2, 0.25) is 0 Å². The van der Waals surface area contributed by atoms with Gasteiger partial charge in [-0.3, -0.25) is 4.79 Å². The maximum atomic E-state index is 11.7. The smallest absolute Gasteiger partial charge is 0.271 e. The fourth-order valence-electron chi connectivity index (χ4n) is 1.80. The molecule has 0 saturated carbocycles. The van der Waals surface area contributed by atoms with Gasteiger partial charge < -0.3 is 35.4 Å². The molecule has 0 saturated heterocycles. The molecule has 1 amide bonds. The summed E-state index contributed by atoms with van der Waals surface area (Å²) in [7, 11) is 0. The zero-order valence-corrected chi connectivity index (χ0v) is 13.5. The van der Waals surface area contributed by atoms with Gasteiger partial charge in [-0.05, 0) is 30.7 Å². The molecule has 25 heavy (non-hydrogen) atoms. The Hall–Kier alpha value is -2.24. The van der Waals surface area contributed by atoms with Crippen LogP contribution in [0.1, 0.15) is 12.5 Å². The summed E-state index contributed by atoms with van der Waals surface area (Å²) >= 11 is 0. The van der Waals surface area contributed by atoms with Crippen molar-refractivity contribution in [3.63, 3.8) is 0 Å². The number of benzene rings is 1. The first-order valence-corrected chi connectivity index (χ1v) is 7.43. The molecular weight excluding hydrogens is 336 g/mol. The van der Waals surface area contributed by atoms with Gasteiger partial charge in [-0.25, -0.2) is 5.43 Å². The van der Waals surface area contributed by atoms with Crippen LogP contribution in [-0.2, 0) is 4.79 Å². The molecule has 0 aliphatic rings.